The van der Waals surface area contributed by atoms with E-state index >= 15 is 0 Å². The summed E-state index contributed by atoms with van der Waals surface area (Å²) in [6.07, 6.45) is 1.79. The Labute approximate surface area is 127 Å². The summed E-state index contributed by atoms with van der Waals surface area (Å²) in [5.74, 6) is 0.00451. The summed E-state index contributed by atoms with van der Waals surface area (Å²) < 4.78 is 4.77. The monoisotopic (exact) mass is 299 g/mol. The smallest absolute Gasteiger partial charge is 0.328 e. The van der Waals surface area contributed by atoms with Crippen molar-refractivity contribution in [3.63, 3.8) is 0 Å². The van der Waals surface area contributed by atoms with E-state index in [1.807, 2.05) is 13.8 Å². The van der Waals surface area contributed by atoms with E-state index in [1.165, 1.54) is 7.11 Å². The fraction of sp³-hybridized carbons (Fsp3) is 0.867. The third-order valence-corrected chi connectivity index (χ3v) is 4.12. The molecule has 4 unspecified atom stereocenters. The number of esters is 1. The third kappa shape index (κ3) is 5.63. The summed E-state index contributed by atoms with van der Waals surface area (Å²) in [7, 11) is 1.34. The Hall–Kier alpha value is -1.14. The quantitative estimate of drug-likeness (QED) is 0.692. The van der Waals surface area contributed by atoms with Gasteiger partial charge in [0.1, 0.15) is 6.04 Å². The van der Waals surface area contributed by atoms with Gasteiger partial charge < -0.3 is 15.8 Å². The summed E-state index contributed by atoms with van der Waals surface area (Å²) in [5.41, 5.74) is 5.98. The molecule has 1 saturated heterocycles. The molecule has 0 aromatic rings. The molecule has 1 aliphatic heterocycles. The van der Waals surface area contributed by atoms with Gasteiger partial charge in [0.15, 0.2) is 0 Å². The summed E-state index contributed by atoms with van der Waals surface area (Å²) in [4.78, 5) is 26.0. The second kappa shape index (κ2) is 8.34. The van der Waals surface area contributed by atoms with Gasteiger partial charge in [-0.1, -0.05) is 27.2 Å². The lowest BCUT2D eigenvalue weighted by molar-refractivity contribution is -0.146. The van der Waals surface area contributed by atoms with Gasteiger partial charge in [-0.15, -0.1) is 0 Å². The van der Waals surface area contributed by atoms with Crippen molar-refractivity contribution in [2.45, 2.75) is 45.7 Å². The molecule has 1 aliphatic rings. The molecule has 6 heteroatoms. The number of ether oxygens (including phenoxy) is 1. The number of rotatable bonds is 6. The van der Waals surface area contributed by atoms with E-state index in [0.29, 0.717) is 5.92 Å². The zero-order valence-corrected chi connectivity index (χ0v) is 13.6. The molecule has 3 N–H and O–H groups in total. The molecule has 21 heavy (non-hydrogen) atoms. The van der Waals surface area contributed by atoms with Crippen molar-refractivity contribution < 1.29 is 14.3 Å². The zero-order valence-electron chi connectivity index (χ0n) is 13.6. The Kier molecular flexibility index (Phi) is 7.11. The van der Waals surface area contributed by atoms with E-state index in [4.69, 9.17) is 10.5 Å². The maximum atomic E-state index is 12.2. The first-order valence-electron chi connectivity index (χ1n) is 7.72. The van der Waals surface area contributed by atoms with Crippen LogP contribution in [0.25, 0.3) is 0 Å². The number of nitrogens with two attached hydrogens (primary N) is 1. The summed E-state index contributed by atoms with van der Waals surface area (Å²) >= 11 is 0. The molecule has 0 radical (unpaired) electrons. The van der Waals surface area contributed by atoms with Crippen LogP contribution in [0.1, 0.15) is 33.6 Å². The zero-order chi connectivity index (χ0) is 16.0. The predicted molar refractivity (Wildman–Crippen MR) is 81.6 cm³/mol. The Bertz CT molecular complexity index is 352. The molecule has 1 heterocycles. The minimum Gasteiger partial charge on any atom is -0.467 e. The highest BCUT2D eigenvalue weighted by Crippen LogP contribution is 2.15. The largest absolute Gasteiger partial charge is 0.467 e. The van der Waals surface area contributed by atoms with Crippen molar-refractivity contribution >= 4 is 11.9 Å². The number of piperidine rings is 1. The van der Waals surface area contributed by atoms with E-state index in [2.05, 4.69) is 17.1 Å². The molecule has 0 spiro atoms. The molecule has 0 saturated carbocycles. The van der Waals surface area contributed by atoms with Crippen molar-refractivity contribution in [1.82, 2.24) is 10.2 Å². The number of amides is 1. The highest BCUT2D eigenvalue weighted by atomic mass is 16.5. The standard InChI is InChI=1S/C15H29N3O3/c1-5-11(3)14(15(20)21-4)17-13(19)9-18-7-10(2)6-12(16)8-18/h10-12,14H,5-9,16H2,1-4H3,(H,17,19). The second-order valence-corrected chi connectivity index (χ2v) is 6.25. The minimum atomic E-state index is -0.580. The van der Waals surface area contributed by atoms with Gasteiger partial charge >= 0.3 is 5.97 Å². The minimum absolute atomic E-state index is 0.0453. The number of nitrogens with one attached hydrogen (secondary N) is 1. The molecule has 6 nitrogen and oxygen atoms in total. The average molecular weight is 299 g/mol. The second-order valence-electron chi connectivity index (χ2n) is 6.25. The number of hydrogen-bond donors (Lipinski definition) is 2. The van der Waals surface area contributed by atoms with Crippen molar-refractivity contribution in [3.05, 3.63) is 0 Å². The van der Waals surface area contributed by atoms with Crippen LogP contribution in [0.5, 0.6) is 0 Å². The van der Waals surface area contributed by atoms with Crippen LogP contribution in [0.3, 0.4) is 0 Å². The van der Waals surface area contributed by atoms with Crippen LogP contribution in [0.4, 0.5) is 0 Å². The van der Waals surface area contributed by atoms with Gasteiger partial charge in [0.2, 0.25) is 5.91 Å². The van der Waals surface area contributed by atoms with E-state index in [0.717, 1.165) is 25.9 Å². The van der Waals surface area contributed by atoms with Crippen molar-refractivity contribution in [1.29, 1.82) is 0 Å². The van der Waals surface area contributed by atoms with Crippen LogP contribution in [0.15, 0.2) is 0 Å². The number of carbonyl (C=O) groups is 2. The molecule has 1 amide bonds. The number of likely N-dealkylation sites (tertiary alicyclic amines) is 1. The van der Waals surface area contributed by atoms with Crippen LogP contribution in [0, 0.1) is 11.8 Å². The fourth-order valence-electron chi connectivity index (χ4n) is 2.86. The van der Waals surface area contributed by atoms with E-state index in [-0.39, 0.29) is 30.4 Å². The van der Waals surface area contributed by atoms with Crippen molar-refractivity contribution in [2.75, 3.05) is 26.7 Å². The number of hydrogen-bond acceptors (Lipinski definition) is 5. The lowest BCUT2D eigenvalue weighted by atomic mass is 9.96. The van der Waals surface area contributed by atoms with Gasteiger partial charge in [-0.25, -0.2) is 4.79 Å². The first kappa shape index (κ1) is 17.9. The number of methoxy groups -OCH3 is 1. The molecule has 0 aromatic carbocycles. The molecular formula is C15H29N3O3. The third-order valence-electron chi connectivity index (χ3n) is 4.12. The van der Waals surface area contributed by atoms with Crippen LogP contribution in [-0.4, -0.2) is 55.6 Å². The fourth-order valence-corrected chi connectivity index (χ4v) is 2.86. The summed E-state index contributed by atoms with van der Waals surface area (Å²) in [6, 6.07) is -0.462. The lowest BCUT2D eigenvalue weighted by Gasteiger charge is -2.34. The number of carbonyl (C=O) groups excluding carboxylic acids is 2. The predicted octanol–water partition coefficient (Wildman–Crippen LogP) is 0.359. The van der Waals surface area contributed by atoms with Gasteiger partial charge in [-0.2, -0.15) is 0 Å². The first-order valence-corrected chi connectivity index (χ1v) is 7.72. The number of nitrogens with zero attached hydrogens (tertiary/aromatic N) is 1. The van der Waals surface area contributed by atoms with Crippen LogP contribution >= 0.6 is 0 Å². The van der Waals surface area contributed by atoms with Gasteiger partial charge in [-0.05, 0) is 18.3 Å². The van der Waals surface area contributed by atoms with E-state index in [1.54, 1.807) is 0 Å². The Morgan fingerprint density at radius 1 is 1.43 bits per heavy atom. The SMILES string of the molecule is CCC(C)C(NC(=O)CN1CC(C)CC(N)C1)C(=O)OC. The average Bonchev–Trinajstić information content (AvgIpc) is 2.41. The lowest BCUT2D eigenvalue weighted by Crippen LogP contribution is -2.52. The Morgan fingerprint density at radius 3 is 2.62 bits per heavy atom. The van der Waals surface area contributed by atoms with Crippen LogP contribution in [-0.2, 0) is 14.3 Å². The maximum absolute atomic E-state index is 12.2. The van der Waals surface area contributed by atoms with Gasteiger partial charge in [0, 0.05) is 19.1 Å². The van der Waals surface area contributed by atoms with E-state index in [9.17, 15) is 9.59 Å². The highest BCUT2D eigenvalue weighted by molar-refractivity contribution is 5.85. The first-order chi connectivity index (χ1) is 9.87. The van der Waals surface area contributed by atoms with Crippen molar-refractivity contribution in [3.8, 4) is 0 Å². The van der Waals surface area contributed by atoms with Gasteiger partial charge in [0.25, 0.3) is 0 Å². The summed E-state index contributed by atoms with van der Waals surface area (Å²) in [6.45, 7) is 7.93. The normalized spacial score (nSPS) is 26.0. The van der Waals surface area contributed by atoms with E-state index < -0.39 is 6.04 Å². The maximum Gasteiger partial charge on any atom is 0.328 e. The van der Waals surface area contributed by atoms with Crippen molar-refractivity contribution in [2.24, 2.45) is 17.6 Å². The molecule has 1 rings (SSSR count). The molecule has 0 bridgehead atoms. The summed E-state index contributed by atoms with van der Waals surface area (Å²) in [5, 5.41) is 2.80. The molecule has 0 aliphatic carbocycles. The highest BCUT2D eigenvalue weighted by Gasteiger charge is 2.28. The molecule has 122 valence electrons. The van der Waals surface area contributed by atoms with Crippen LogP contribution < -0.4 is 11.1 Å². The molecular weight excluding hydrogens is 270 g/mol. The molecule has 1 fully saturated rings. The van der Waals surface area contributed by atoms with Gasteiger partial charge in [0.05, 0.1) is 13.7 Å². The Balaban J connectivity index is 2.55. The molecule has 0 aromatic heterocycles. The Morgan fingerprint density at radius 2 is 2.10 bits per heavy atom. The van der Waals surface area contributed by atoms with Gasteiger partial charge in [-0.3, -0.25) is 9.69 Å². The topological polar surface area (TPSA) is 84.7 Å². The van der Waals surface area contributed by atoms with Crippen LogP contribution in [0.2, 0.25) is 0 Å². The molecule has 4 atom stereocenters.